The molecule has 146 valence electrons. The van der Waals surface area contributed by atoms with E-state index in [0.717, 1.165) is 21.9 Å². The highest BCUT2D eigenvalue weighted by Gasteiger charge is 2.14. The standard InChI is InChI=1S/C21H22N2O4S/c1-14-11-16(27-23-14)13-28-19-10-5-4-8-17(19)21(24)22-12-15-7-6-9-18(25-2)20(15)26-3/h4-11H,12-13H2,1-3H3,(H,22,24). The van der Waals surface area contributed by atoms with Gasteiger partial charge in [-0.25, -0.2) is 0 Å². The minimum Gasteiger partial charge on any atom is -0.493 e. The number of thioether (sulfide) groups is 1. The number of aryl methyl sites for hydroxylation is 1. The number of aromatic nitrogens is 1. The first-order chi connectivity index (χ1) is 13.6. The number of methoxy groups -OCH3 is 2. The summed E-state index contributed by atoms with van der Waals surface area (Å²) in [6.45, 7) is 2.21. The van der Waals surface area contributed by atoms with Crippen LogP contribution in [0.1, 0.15) is 27.4 Å². The molecule has 6 nitrogen and oxygen atoms in total. The molecule has 0 aliphatic carbocycles. The highest BCUT2D eigenvalue weighted by atomic mass is 32.2. The first-order valence-electron chi connectivity index (χ1n) is 8.74. The van der Waals surface area contributed by atoms with Crippen LogP contribution in [0.25, 0.3) is 0 Å². The van der Waals surface area contributed by atoms with Gasteiger partial charge in [0.1, 0.15) is 5.76 Å². The van der Waals surface area contributed by atoms with E-state index in [9.17, 15) is 4.79 Å². The van der Waals surface area contributed by atoms with Gasteiger partial charge < -0.3 is 19.3 Å². The smallest absolute Gasteiger partial charge is 0.252 e. The maximum Gasteiger partial charge on any atom is 0.252 e. The molecule has 3 rings (SSSR count). The minimum absolute atomic E-state index is 0.151. The van der Waals surface area contributed by atoms with Gasteiger partial charge in [-0.3, -0.25) is 4.79 Å². The van der Waals surface area contributed by atoms with Gasteiger partial charge in [0.2, 0.25) is 0 Å². The molecule has 0 aliphatic heterocycles. The molecule has 0 radical (unpaired) electrons. The normalized spacial score (nSPS) is 10.5. The summed E-state index contributed by atoms with van der Waals surface area (Å²) in [6.07, 6.45) is 0. The van der Waals surface area contributed by atoms with Crippen molar-refractivity contribution in [1.82, 2.24) is 10.5 Å². The van der Waals surface area contributed by atoms with Crippen molar-refractivity contribution < 1.29 is 18.8 Å². The molecule has 0 saturated carbocycles. The summed E-state index contributed by atoms with van der Waals surface area (Å²) in [5, 5.41) is 6.85. The summed E-state index contributed by atoms with van der Waals surface area (Å²) in [7, 11) is 3.17. The van der Waals surface area contributed by atoms with Gasteiger partial charge in [-0.1, -0.05) is 29.4 Å². The second kappa shape index (κ2) is 9.32. The Bertz CT molecular complexity index is 955. The third kappa shape index (κ3) is 4.67. The van der Waals surface area contributed by atoms with E-state index in [2.05, 4.69) is 10.5 Å². The van der Waals surface area contributed by atoms with Crippen LogP contribution in [0.5, 0.6) is 11.5 Å². The monoisotopic (exact) mass is 398 g/mol. The number of rotatable bonds is 8. The van der Waals surface area contributed by atoms with Crippen LogP contribution >= 0.6 is 11.8 Å². The van der Waals surface area contributed by atoms with Crippen LogP contribution in [-0.2, 0) is 12.3 Å². The van der Waals surface area contributed by atoms with Crippen LogP contribution in [0.4, 0.5) is 0 Å². The molecule has 1 N–H and O–H groups in total. The van der Waals surface area contributed by atoms with Crippen LogP contribution in [0, 0.1) is 6.92 Å². The van der Waals surface area contributed by atoms with Crippen LogP contribution in [0.15, 0.2) is 57.9 Å². The van der Waals surface area contributed by atoms with Gasteiger partial charge in [0.15, 0.2) is 11.5 Å². The lowest BCUT2D eigenvalue weighted by Gasteiger charge is -2.14. The molecule has 3 aromatic rings. The van der Waals surface area contributed by atoms with Gasteiger partial charge in [0.05, 0.1) is 31.2 Å². The van der Waals surface area contributed by atoms with E-state index in [-0.39, 0.29) is 5.91 Å². The van der Waals surface area contributed by atoms with Crippen molar-refractivity contribution in [3.05, 3.63) is 71.1 Å². The molecule has 0 spiro atoms. The van der Waals surface area contributed by atoms with Gasteiger partial charge in [-0.05, 0) is 25.1 Å². The Morgan fingerprint density at radius 2 is 1.96 bits per heavy atom. The maximum atomic E-state index is 12.8. The van der Waals surface area contributed by atoms with Crippen molar-refractivity contribution in [2.75, 3.05) is 14.2 Å². The fourth-order valence-electron chi connectivity index (χ4n) is 2.78. The Labute approximate surface area is 168 Å². The number of ether oxygens (including phenoxy) is 2. The molecule has 1 aromatic heterocycles. The molecule has 0 atom stereocenters. The number of carbonyl (C=O) groups excluding carboxylic acids is 1. The number of nitrogens with one attached hydrogen (secondary N) is 1. The highest BCUT2D eigenvalue weighted by Crippen LogP contribution is 2.31. The molecule has 0 aliphatic rings. The zero-order valence-corrected chi connectivity index (χ0v) is 16.8. The second-order valence-electron chi connectivity index (χ2n) is 6.05. The summed E-state index contributed by atoms with van der Waals surface area (Å²) in [4.78, 5) is 13.7. The van der Waals surface area contributed by atoms with Gasteiger partial charge in [0.25, 0.3) is 5.91 Å². The average molecular weight is 398 g/mol. The van der Waals surface area contributed by atoms with Gasteiger partial charge in [-0.2, -0.15) is 0 Å². The molecule has 0 fully saturated rings. The lowest BCUT2D eigenvalue weighted by Crippen LogP contribution is -2.23. The number of para-hydroxylation sites is 1. The first-order valence-corrected chi connectivity index (χ1v) is 9.73. The number of nitrogens with zero attached hydrogens (tertiary/aromatic N) is 1. The van der Waals surface area contributed by atoms with Crippen molar-refractivity contribution in [1.29, 1.82) is 0 Å². The van der Waals surface area contributed by atoms with E-state index in [1.807, 2.05) is 55.5 Å². The molecule has 7 heteroatoms. The largest absolute Gasteiger partial charge is 0.493 e. The van der Waals surface area contributed by atoms with E-state index in [0.29, 0.717) is 29.4 Å². The molecular formula is C21H22N2O4S. The second-order valence-corrected chi connectivity index (χ2v) is 7.07. The minimum atomic E-state index is -0.151. The van der Waals surface area contributed by atoms with Crippen molar-refractivity contribution >= 4 is 17.7 Å². The Morgan fingerprint density at radius 3 is 2.68 bits per heavy atom. The van der Waals surface area contributed by atoms with E-state index < -0.39 is 0 Å². The molecule has 1 amide bonds. The predicted octanol–water partition coefficient (Wildman–Crippen LogP) is 4.22. The zero-order chi connectivity index (χ0) is 19.9. The molecule has 2 aromatic carbocycles. The molecule has 0 unspecified atom stereocenters. The number of hydrogen-bond acceptors (Lipinski definition) is 6. The molecule has 0 bridgehead atoms. The third-order valence-corrected chi connectivity index (χ3v) is 5.20. The maximum absolute atomic E-state index is 12.8. The lowest BCUT2D eigenvalue weighted by atomic mass is 10.1. The summed E-state index contributed by atoms with van der Waals surface area (Å²) >= 11 is 1.54. The van der Waals surface area contributed by atoms with E-state index in [4.69, 9.17) is 14.0 Å². The Kier molecular flexibility index (Phi) is 6.60. The molecular weight excluding hydrogens is 376 g/mol. The predicted molar refractivity (Wildman–Crippen MR) is 108 cm³/mol. The third-order valence-electron chi connectivity index (χ3n) is 4.10. The van der Waals surface area contributed by atoms with Crippen LogP contribution in [0.2, 0.25) is 0 Å². The van der Waals surface area contributed by atoms with Gasteiger partial charge >= 0.3 is 0 Å². The Balaban J connectivity index is 1.70. The van der Waals surface area contributed by atoms with Crippen molar-refractivity contribution in [3.8, 4) is 11.5 Å². The van der Waals surface area contributed by atoms with E-state index in [1.54, 1.807) is 14.2 Å². The van der Waals surface area contributed by atoms with Gasteiger partial charge in [0, 0.05) is 23.1 Å². The Morgan fingerprint density at radius 1 is 1.14 bits per heavy atom. The van der Waals surface area contributed by atoms with Crippen molar-refractivity contribution in [2.45, 2.75) is 24.1 Å². The molecule has 1 heterocycles. The quantitative estimate of drug-likeness (QED) is 0.573. The summed E-state index contributed by atoms with van der Waals surface area (Å²) in [5.41, 5.74) is 2.30. The van der Waals surface area contributed by atoms with Crippen molar-refractivity contribution in [2.24, 2.45) is 0 Å². The fourth-order valence-corrected chi connectivity index (χ4v) is 3.70. The number of hydrogen-bond donors (Lipinski definition) is 1. The summed E-state index contributed by atoms with van der Waals surface area (Å²) in [6, 6.07) is 15.0. The number of benzene rings is 2. The lowest BCUT2D eigenvalue weighted by molar-refractivity contribution is 0.0947. The van der Waals surface area contributed by atoms with Crippen LogP contribution < -0.4 is 14.8 Å². The Hall–Kier alpha value is -2.93. The SMILES string of the molecule is COc1cccc(CNC(=O)c2ccccc2SCc2cc(C)no2)c1OC. The number of carbonyl (C=O) groups is 1. The summed E-state index contributed by atoms with van der Waals surface area (Å²) < 4.78 is 16.0. The van der Waals surface area contributed by atoms with E-state index >= 15 is 0 Å². The number of amides is 1. The zero-order valence-electron chi connectivity index (χ0n) is 16.0. The molecule has 28 heavy (non-hydrogen) atoms. The van der Waals surface area contributed by atoms with E-state index in [1.165, 1.54) is 11.8 Å². The summed E-state index contributed by atoms with van der Waals surface area (Å²) in [5.74, 6) is 2.48. The average Bonchev–Trinajstić information content (AvgIpc) is 3.15. The van der Waals surface area contributed by atoms with Crippen LogP contribution in [-0.4, -0.2) is 25.3 Å². The topological polar surface area (TPSA) is 73.6 Å². The van der Waals surface area contributed by atoms with Gasteiger partial charge in [-0.15, -0.1) is 11.8 Å². The first kappa shape index (κ1) is 19.8. The fraction of sp³-hybridized carbons (Fsp3) is 0.238. The van der Waals surface area contributed by atoms with Crippen molar-refractivity contribution in [3.63, 3.8) is 0 Å². The van der Waals surface area contributed by atoms with Crippen LogP contribution in [0.3, 0.4) is 0 Å². The highest BCUT2D eigenvalue weighted by molar-refractivity contribution is 7.98. The molecule has 0 saturated heterocycles.